The molecule has 0 saturated carbocycles. The lowest BCUT2D eigenvalue weighted by Gasteiger charge is -2.10. The Balaban J connectivity index is 1.62. The first-order valence-corrected chi connectivity index (χ1v) is 10.1. The van der Waals surface area contributed by atoms with Gasteiger partial charge in [-0.05, 0) is 74.7 Å². The highest BCUT2D eigenvalue weighted by Gasteiger charge is 2.08. The number of ether oxygens (including phenoxy) is 3. The molecule has 31 heavy (non-hydrogen) atoms. The zero-order valence-electron chi connectivity index (χ0n) is 18.0. The zero-order chi connectivity index (χ0) is 22.6. The maximum absolute atomic E-state index is 12.1. The van der Waals surface area contributed by atoms with Crippen LogP contribution < -0.4 is 20.1 Å². The number of hydrogen-bond acceptors (Lipinski definition) is 6. The number of amides is 2. The van der Waals surface area contributed by atoms with E-state index in [0.717, 1.165) is 5.56 Å². The van der Waals surface area contributed by atoms with Crippen molar-refractivity contribution in [2.45, 2.75) is 27.2 Å². The van der Waals surface area contributed by atoms with E-state index in [2.05, 4.69) is 15.4 Å². The molecule has 0 radical (unpaired) electrons. The van der Waals surface area contributed by atoms with Gasteiger partial charge in [-0.25, -0.2) is 4.79 Å². The van der Waals surface area contributed by atoms with Crippen molar-refractivity contribution in [3.05, 3.63) is 59.2 Å². The molecule has 2 aromatic rings. The largest absolute Gasteiger partial charge is 0.513 e. The van der Waals surface area contributed by atoms with E-state index in [4.69, 9.17) is 9.47 Å². The van der Waals surface area contributed by atoms with Gasteiger partial charge in [0.05, 0.1) is 6.61 Å². The van der Waals surface area contributed by atoms with Gasteiger partial charge in [-0.1, -0.05) is 6.07 Å². The van der Waals surface area contributed by atoms with Gasteiger partial charge in [-0.2, -0.15) is 0 Å². The summed E-state index contributed by atoms with van der Waals surface area (Å²) in [6, 6.07) is 11.8. The van der Waals surface area contributed by atoms with Gasteiger partial charge < -0.3 is 24.8 Å². The van der Waals surface area contributed by atoms with Gasteiger partial charge >= 0.3 is 6.16 Å². The predicted molar refractivity (Wildman–Crippen MR) is 115 cm³/mol. The van der Waals surface area contributed by atoms with Crippen LogP contribution in [0.15, 0.2) is 42.5 Å². The van der Waals surface area contributed by atoms with Crippen molar-refractivity contribution in [1.82, 2.24) is 10.6 Å². The van der Waals surface area contributed by atoms with Crippen LogP contribution in [0.3, 0.4) is 0 Å². The zero-order valence-corrected chi connectivity index (χ0v) is 18.0. The fourth-order valence-corrected chi connectivity index (χ4v) is 2.54. The molecule has 0 aliphatic heterocycles. The second kappa shape index (κ2) is 12.2. The molecule has 0 unspecified atom stereocenters. The minimum absolute atomic E-state index is 0.0604. The molecular weight excluding hydrogens is 400 g/mol. The number of aryl methyl sites for hydroxylation is 2. The van der Waals surface area contributed by atoms with Crippen molar-refractivity contribution in [2.75, 3.05) is 26.3 Å². The lowest BCUT2D eigenvalue weighted by Crippen LogP contribution is -2.32. The molecule has 2 N–H and O–H groups in total. The molecule has 8 nitrogen and oxygen atoms in total. The number of hydrogen-bond donors (Lipinski definition) is 2. The summed E-state index contributed by atoms with van der Waals surface area (Å²) in [6.45, 7) is 6.66. The van der Waals surface area contributed by atoms with Gasteiger partial charge in [0, 0.05) is 18.7 Å². The molecule has 0 aliphatic rings. The summed E-state index contributed by atoms with van der Waals surface area (Å²) in [5.41, 5.74) is 2.71. The van der Waals surface area contributed by atoms with Crippen LogP contribution in [0.25, 0.3) is 0 Å². The van der Waals surface area contributed by atoms with Gasteiger partial charge in [0.25, 0.3) is 11.8 Å². The van der Waals surface area contributed by atoms with E-state index in [0.29, 0.717) is 36.6 Å². The Morgan fingerprint density at radius 2 is 1.55 bits per heavy atom. The predicted octanol–water partition coefficient (Wildman–Crippen LogP) is 3.15. The van der Waals surface area contributed by atoms with Crippen molar-refractivity contribution in [2.24, 2.45) is 0 Å². The van der Waals surface area contributed by atoms with Gasteiger partial charge in [-0.3, -0.25) is 9.59 Å². The van der Waals surface area contributed by atoms with E-state index in [-0.39, 0.29) is 25.0 Å². The van der Waals surface area contributed by atoms with Gasteiger partial charge in [0.15, 0.2) is 6.61 Å². The molecule has 0 spiro atoms. The standard InChI is InChI=1S/C23H28N2O6/c1-4-29-23(28)31-19-10-7-18(8-11-19)22(27)25-13-5-12-24-21(26)15-30-20-9-6-16(2)17(3)14-20/h6-11,14H,4-5,12-13,15H2,1-3H3,(H,24,26)(H,25,27). The minimum atomic E-state index is -0.791. The van der Waals surface area contributed by atoms with Crippen LogP contribution in [0, 0.1) is 13.8 Å². The van der Waals surface area contributed by atoms with E-state index in [1.54, 1.807) is 19.1 Å². The van der Waals surface area contributed by atoms with E-state index in [1.807, 2.05) is 32.0 Å². The number of carbonyl (C=O) groups is 3. The summed E-state index contributed by atoms with van der Waals surface area (Å²) >= 11 is 0. The van der Waals surface area contributed by atoms with Gasteiger partial charge in [0.2, 0.25) is 0 Å². The van der Waals surface area contributed by atoms with Crippen LogP contribution in [0.2, 0.25) is 0 Å². The van der Waals surface area contributed by atoms with E-state index in [1.165, 1.54) is 17.7 Å². The average molecular weight is 428 g/mol. The third kappa shape index (κ3) is 8.38. The van der Waals surface area contributed by atoms with Crippen LogP contribution in [0.5, 0.6) is 11.5 Å². The molecule has 0 atom stereocenters. The summed E-state index contributed by atoms with van der Waals surface area (Å²) in [5.74, 6) is 0.471. The third-order valence-electron chi connectivity index (χ3n) is 4.39. The fourth-order valence-electron chi connectivity index (χ4n) is 2.54. The first kappa shape index (κ1) is 23.7. The fraction of sp³-hybridized carbons (Fsp3) is 0.348. The highest BCUT2D eigenvalue weighted by molar-refractivity contribution is 5.94. The second-order valence-electron chi connectivity index (χ2n) is 6.80. The topological polar surface area (TPSA) is 103 Å². The van der Waals surface area contributed by atoms with Crippen LogP contribution in [-0.4, -0.2) is 44.3 Å². The lowest BCUT2D eigenvalue weighted by molar-refractivity contribution is -0.123. The molecule has 0 aliphatic carbocycles. The summed E-state index contributed by atoms with van der Waals surface area (Å²) in [7, 11) is 0. The van der Waals surface area contributed by atoms with Gasteiger partial charge in [-0.15, -0.1) is 0 Å². The highest BCUT2D eigenvalue weighted by atomic mass is 16.7. The molecule has 166 valence electrons. The highest BCUT2D eigenvalue weighted by Crippen LogP contribution is 2.16. The van der Waals surface area contributed by atoms with Crippen molar-refractivity contribution in [3.8, 4) is 11.5 Å². The van der Waals surface area contributed by atoms with Crippen LogP contribution in [0.1, 0.15) is 34.8 Å². The molecule has 0 saturated heterocycles. The Morgan fingerprint density at radius 1 is 0.871 bits per heavy atom. The van der Waals surface area contributed by atoms with Crippen molar-refractivity contribution < 1.29 is 28.6 Å². The Morgan fingerprint density at radius 3 is 2.23 bits per heavy atom. The molecule has 0 aromatic heterocycles. The van der Waals surface area contributed by atoms with Gasteiger partial charge in [0.1, 0.15) is 11.5 Å². The number of nitrogens with one attached hydrogen (secondary N) is 2. The molecule has 2 aromatic carbocycles. The monoisotopic (exact) mass is 428 g/mol. The molecule has 0 bridgehead atoms. The van der Waals surface area contributed by atoms with Crippen molar-refractivity contribution in [1.29, 1.82) is 0 Å². The first-order valence-electron chi connectivity index (χ1n) is 10.1. The molecule has 2 rings (SSSR count). The second-order valence-corrected chi connectivity index (χ2v) is 6.80. The quantitative estimate of drug-likeness (QED) is 0.342. The smallest absolute Gasteiger partial charge is 0.484 e. The van der Waals surface area contributed by atoms with Crippen LogP contribution in [0.4, 0.5) is 4.79 Å². The summed E-state index contributed by atoms with van der Waals surface area (Å²) in [5, 5.41) is 5.52. The van der Waals surface area contributed by atoms with Crippen LogP contribution >= 0.6 is 0 Å². The number of rotatable bonds is 10. The summed E-state index contributed by atoms with van der Waals surface area (Å²) in [6.07, 6.45) is -0.216. The molecule has 0 fully saturated rings. The maximum atomic E-state index is 12.1. The Hall–Kier alpha value is -3.55. The molecule has 2 amide bonds. The van der Waals surface area contributed by atoms with Crippen molar-refractivity contribution >= 4 is 18.0 Å². The Labute approximate surface area is 181 Å². The van der Waals surface area contributed by atoms with E-state index < -0.39 is 6.16 Å². The van der Waals surface area contributed by atoms with E-state index in [9.17, 15) is 14.4 Å². The SMILES string of the molecule is CCOC(=O)Oc1ccc(C(=O)NCCCNC(=O)COc2ccc(C)c(C)c2)cc1. The normalized spacial score (nSPS) is 10.2. The lowest BCUT2D eigenvalue weighted by atomic mass is 10.1. The van der Waals surface area contributed by atoms with Crippen molar-refractivity contribution in [3.63, 3.8) is 0 Å². The molecule has 8 heteroatoms. The minimum Gasteiger partial charge on any atom is -0.484 e. The number of carbonyl (C=O) groups excluding carboxylic acids is 3. The van der Waals surface area contributed by atoms with Crippen LogP contribution in [-0.2, 0) is 9.53 Å². The summed E-state index contributed by atoms with van der Waals surface area (Å²) in [4.78, 5) is 35.3. The Kier molecular flexibility index (Phi) is 9.35. The average Bonchev–Trinajstić information content (AvgIpc) is 2.75. The maximum Gasteiger partial charge on any atom is 0.513 e. The molecule has 0 heterocycles. The third-order valence-corrected chi connectivity index (χ3v) is 4.39. The number of benzene rings is 2. The summed E-state index contributed by atoms with van der Waals surface area (Å²) < 4.78 is 15.1. The first-order chi connectivity index (χ1) is 14.9. The Bertz CT molecular complexity index is 895. The van der Waals surface area contributed by atoms with E-state index >= 15 is 0 Å². The molecular formula is C23H28N2O6.